The van der Waals surface area contributed by atoms with E-state index < -0.39 is 5.97 Å². The van der Waals surface area contributed by atoms with Crippen LogP contribution in [0.1, 0.15) is 31.2 Å². The Kier molecular flexibility index (Phi) is 4.72. The third kappa shape index (κ3) is 3.29. The van der Waals surface area contributed by atoms with Crippen LogP contribution in [0, 0.1) is 6.92 Å². The SMILES string of the molecule is COCc1ccccc1C(=O)Nc1c(C)csc1C(=O)O. The highest BCUT2D eigenvalue weighted by Crippen LogP contribution is 2.28. The van der Waals surface area contributed by atoms with Gasteiger partial charge >= 0.3 is 5.97 Å². The molecular formula is C15H15NO4S. The monoisotopic (exact) mass is 305 g/mol. The predicted molar refractivity (Wildman–Crippen MR) is 81.1 cm³/mol. The van der Waals surface area contributed by atoms with Gasteiger partial charge in [-0.15, -0.1) is 11.3 Å². The van der Waals surface area contributed by atoms with Crippen LogP contribution in [0.2, 0.25) is 0 Å². The zero-order valence-corrected chi connectivity index (χ0v) is 12.5. The highest BCUT2D eigenvalue weighted by Gasteiger charge is 2.19. The molecule has 0 atom stereocenters. The summed E-state index contributed by atoms with van der Waals surface area (Å²) in [5.74, 6) is -1.39. The van der Waals surface area contributed by atoms with Crippen LogP contribution in [-0.4, -0.2) is 24.1 Å². The molecule has 1 heterocycles. The van der Waals surface area contributed by atoms with Gasteiger partial charge in [-0.2, -0.15) is 0 Å². The molecule has 2 N–H and O–H groups in total. The van der Waals surface area contributed by atoms with Crippen molar-refractivity contribution in [1.29, 1.82) is 0 Å². The second-order valence-corrected chi connectivity index (χ2v) is 5.35. The molecule has 0 saturated carbocycles. The zero-order valence-electron chi connectivity index (χ0n) is 11.7. The molecule has 0 bridgehead atoms. The Balaban J connectivity index is 2.31. The van der Waals surface area contributed by atoms with Crippen molar-refractivity contribution in [2.45, 2.75) is 13.5 Å². The molecule has 21 heavy (non-hydrogen) atoms. The topological polar surface area (TPSA) is 75.6 Å². The van der Waals surface area contributed by atoms with Gasteiger partial charge in [-0.3, -0.25) is 4.79 Å². The van der Waals surface area contributed by atoms with Crippen LogP contribution in [0.3, 0.4) is 0 Å². The molecule has 6 heteroatoms. The second-order valence-electron chi connectivity index (χ2n) is 4.47. The Hall–Kier alpha value is -2.18. The minimum Gasteiger partial charge on any atom is -0.477 e. The molecule has 1 aromatic heterocycles. The summed E-state index contributed by atoms with van der Waals surface area (Å²) in [6, 6.07) is 7.07. The van der Waals surface area contributed by atoms with E-state index in [-0.39, 0.29) is 10.8 Å². The number of anilines is 1. The Bertz CT molecular complexity index is 678. The Morgan fingerprint density at radius 1 is 1.33 bits per heavy atom. The number of carbonyl (C=O) groups is 2. The summed E-state index contributed by atoms with van der Waals surface area (Å²) in [7, 11) is 1.56. The lowest BCUT2D eigenvalue weighted by atomic mass is 10.1. The van der Waals surface area contributed by atoms with Gasteiger partial charge in [0.25, 0.3) is 5.91 Å². The minimum atomic E-state index is -1.05. The number of carboxylic acids is 1. The maximum Gasteiger partial charge on any atom is 0.348 e. The number of rotatable bonds is 5. The summed E-state index contributed by atoms with van der Waals surface area (Å²) in [6.07, 6.45) is 0. The molecule has 0 saturated heterocycles. The molecule has 1 amide bonds. The standard InChI is InChI=1S/C15H15NO4S/c1-9-8-21-13(15(18)19)12(9)16-14(17)11-6-4-3-5-10(11)7-20-2/h3-6,8H,7H2,1-2H3,(H,16,17)(H,18,19). The highest BCUT2D eigenvalue weighted by atomic mass is 32.1. The fraction of sp³-hybridized carbons (Fsp3) is 0.200. The summed E-state index contributed by atoms with van der Waals surface area (Å²) in [5.41, 5.74) is 2.31. The first-order valence-corrected chi connectivity index (χ1v) is 7.12. The van der Waals surface area contributed by atoms with Crippen molar-refractivity contribution >= 4 is 28.9 Å². The van der Waals surface area contributed by atoms with Crippen molar-refractivity contribution in [1.82, 2.24) is 0 Å². The van der Waals surface area contributed by atoms with Crippen molar-refractivity contribution in [3.63, 3.8) is 0 Å². The lowest BCUT2D eigenvalue weighted by Gasteiger charge is -2.10. The molecule has 1 aromatic carbocycles. The molecule has 0 spiro atoms. The van der Waals surface area contributed by atoms with Gasteiger partial charge in [0.05, 0.1) is 12.3 Å². The van der Waals surface area contributed by atoms with E-state index in [1.165, 1.54) is 0 Å². The molecule has 0 aliphatic rings. The minimum absolute atomic E-state index is 0.130. The molecule has 2 rings (SSSR count). The predicted octanol–water partition coefficient (Wildman–Crippen LogP) is 3.15. The first kappa shape index (κ1) is 15.2. The van der Waals surface area contributed by atoms with E-state index in [9.17, 15) is 9.59 Å². The summed E-state index contributed by atoms with van der Waals surface area (Å²) in [5, 5.41) is 13.5. The zero-order chi connectivity index (χ0) is 15.4. The van der Waals surface area contributed by atoms with E-state index in [2.05, 4.69) is 5.32 Å². The van der Waals surface area contributed by atoms with Gasteiger partial charge in [0.1, 0.15) is 4.88 Å². The highest BCUT2D eigenvalue weighted by molar-refractivity contribution is 7.12. The molecule has 5 nitrogen and oxygen atoms in total. The molecule has 0 aliphatic heterocycles. The second kappa shape index (κ2) is 6.51. The summed E-state index contributed by atoms with van der Waals surface area (Å²) < 4.78 is 5.07. The number of nitrogens with one attached hydrogen (secondary N) is 1. The maximum atomic E-state index is 12.4. The number of hydrogen-bond acceptors (Lipinski definition) is 4. The molecule has 0 aliphatic carbocycles. The van der Waals surface area contributed by atoms with Gasteiger partial charge in [0.2, 0.25) is 0 Å². The number of amides is 1. The smallest absolute Gasteiger partial charge is 0.348 e. The van der Waals surface area contributed by atoms with E-state index in [1.807, 2.05) is 6.07 Å². The van der Waals surface area contributed by atoms with Crippen LogP contribution in [0.4, 0.5) is 5.69 Å². The number of hydrogen-bond donors (Lipinski definition) is 2. The summed E-state index contributed by atoms with van der Waals surface area (Å²) in [4.78, 5) is 23.7. The molecule has 0 fully saturated rings. The average Bonchev–Trinajstić information content (AvgIpc) is 2.81. The number of carbonyl (C=O) groups excluding carboxylic acids is 1. The first-order chi connectivity index (χ1) is 10.0. The lowest BCUT2D eigenvalue weighted by Crippen LogP contribution is -2.16. The summed E-state index contributed by atoms with van der Waals surface area (Å²) in [6.45, 7) is 2.08. The van der Waals surface area contributed by atoms with E-state index in [0.29, 0.717) is 17.9 Å². The quantitative estimate of drug-likeness (QED) is 0.889. The van der Waals surface area contributed by atoms with Crippen molar-refractivity contribution in [2.75, 3.05) is 12.4 Å². The van der Waals surface area contributed by atoms with Gasteiger partial charge in [0, 0.05) is 12.7 Å². The van der Waals surface area contributed by atoms with Crippen molar-refractivity contribution in [2.24, 2.45) is 0 Å². The van der Waals surface area contributed by atoms with Crippen molar-refractivity contribution in [3.8, 4) is 0 Å². The normalized spacial score (nSPS) is 10.4. The number of carboxylic acid groups (broad SMARTS) is 1. The number of ether oxygens (including phenoxy) is 1. The summed E-state index contributed by atoms with van der Waals surface area (Å²) >= 11 is 1.10. The first-order valence-electron chi connectivity index (χ1n) is 6.24. The molecule has 0 radical (unpaired) electrons. The van der Waals surface area contributed by atoms with Crippen LogP contribution < -0.4 is 5.32 Å². The lowest BCUT2D eigenvalue weighted by molar-refractivity contribution is 0.0703. The number of benzene rings is 1. The number of aromatic carboxylic acids is 1. The fourth-order valence-electron chi connectivity index (χ4n) is 1.96. The number of aryl methyl sites for hydroxylation is 1. The fourth-order valence-corrected chi connectivity index (χ4v) is 2.80. The van der Waals surface area contributed by atoms with E-state index >= 15 is 0 Å². The Morgan fingerprint density at radius 2 is 2.05 bits per heavy atom. The van der Waals surface area contributed by atoms with Gasteiger partial charge in [-0.05, 0) is 29.5 Å². The maximum absolute atomic E-state index is 12.4. The Labute approximate surface area is 126 Å². The number of thiophene rings is 1. The number of methoxy groups -OCH3 is 1. The molecule has 110 valence electrons. The van der Waals surface area contributed by atoms with Crippen LogP contribution in [0.25, 0.3) is 0 Å². The van der Waals surface area contributed by atoms with Gasteiger partial charge in [-0.25, -0.2) is 4.79 Å². The van der Waals surface area contributed by atoms with E-state index in [0.717, 1.165) is 22.5 Å². The van der Waals surface area contributed by atoms with Crippen LogP contribution >= 0.6 is 11.3 Å². The van der Waals surface area contributed by atoms with Crippen LogP contribution in [0.15, 0.2) is 29.6 Å². The average molecular weight is 305 g/mol. The van der Waals surface area contributed by atoms with E-state index in [4.69, 9.17) is 9.84 Å². The molecule has 0 unspecified atom stereocenters. The van der Waals surface area contributed by atoms with E-state index in [1.54, 1.807) is 37.6 Å². The molecular weight excluding hydrogens is 290 g/mol. The molecule has 2 aromatic rings. The van der Waals surface area contributed by atoms with Crippen LogP contribution in [-0.2, 0) is 11.3 Å². The van der Waals surface area contributed by atoms with Gasteiger partial charge < -0.3 is 15.2 Å². The van der Waals surface area contributed by atoms with Crippen molar-refractivity contribution < 1.29 is 19.4 Å². The van der Waals surface area contributed by atoms with Crippen LogP contribution in [0.5, 0.6) is 0 Å². The largest absolute Gasteiger partial charge is 0.477 e. The van der Waals surface area contributed by atoms with Crippen molar-refractivity contribution in [3.05, 3.63) is 51.2 Å². The third-order valence-corrected chi connectivity index (χ3v) is 4.06. The third-order valence-electron chi connectivity index (χ3n) is 2.97. The van der Waals surface area contributed by atoms with Gasteiger partial charge in [0.15, 0.2) is 0 Å². The Morgan fingerprint density at radius 3 is 2.71 bits per heavy atom. The van der Waals surface area contributed by atoms with Gasteiger partial charge in [-0.1, -0.05) is 18.2 Å².